The van der Waals surface area contributed by atoms with E-state index in [9.17, 15) is 4.79 Å². The van der Waals surface area contributed by atoms with Crippen molar-refractivity contribution in [3.8, 4) is 5.75 Å². The number of hydrogen-bond acceptors (Lipinski definition) is 4. The summed E-state index contributed by atoms with van der Waals surface area (Å²) in [5.41, 5.74) is 0.596. The molecule has 4 nitrogen and oxygen atoms in total. The van der Waals surface area contributed by atoms with Crippen LogP contribution in [-0.2, 0) is 14.3 Å². The number of esters is 1. The summed E-state index contributed by atoms with van der Waals surface area (Å²) in [6.07, 6.45) is 2.49. The first kappa shape index (κ1) is 16.2. The van der Waals surface area contributed by atoms with Crippen LogP contribution in [0.1, 0.15) is 20.3 Å². The Bertz CT molecular complexity index is 412. The molecule has 0 aromatic heterocycles. The van der Waals surface area contributed by atoms with Crippen molar-refractivity contribution < 1.29 is 19.0 Å². The molecule has 0 radical (unpaired) electrons. The van der Waals surface area contributed by atoms with Crippen molar-refractivity contribution in [3.63, 3.8) is 0 Å². The molecule has 0 saturated heterocycles. The van der Waals surface area contributed by atoms with E-state index in [4.69, 9.17) is 14.2 Å². The van der Waals surface area contributed by atoms with Crippen LogP contribution in [0.5, 0.6) is 5.75 Å². The maximum atomic E-state index is 11.6. The fourth-order valence-electron chi connectivity index (χ4n) is 1.50. The van der Waals surface area contributed by atoms with Crippen molar-refractivity contribution in [2.45, 2.75) is 20.3 Å². The molecular weight excluding hydrogens is 256 g/mol. The summed E-state index contributed by atoms with van der Waals surface area (Å²) < 4.78 is 15.7. The molecule has 0 aliphatic heterocycles. The molecule has 1 aromatic carbocycles. The number of carbonyl (C=O) groups is 1. The molecule has 20 heavy (non-hydrogen) atoms. The lowest BCUT2D eigenvalue weighted by molar-refractivity contribution is -0.140. The highest BCUT2D eigenvalue weighted by molar-refractivity contribution is 5.87. The zero-order valence-electron chi connectivity index (χ0n) is 12.1. The van der Waals surface area contributed by atoms with E-state index in [0.29, 0.717) is 38.4 Å². The van der Waals surface area contributed by atoms with Gasteiger partial charge in [-0.05, 0) is 26.0 Å². The largest absolute Gasteiger partial charge is 0.493 e. The number of para-hydroxylation sites is 1. The van der Waals surface area contributed by atoms with Gasteiger partial charge in [-0.15, -0.1) is 0 Å². The van der Waals surface area contributed by atoms with Crippen LogP contribution in [0.3, 0.4) is 0 Å². The zero-order chi connectivity index (χ0) is 14.6. The summed E-state index contributed by atoms with van der Waals surface area (Å²) >= 11 is 0. The summed E-state index contributed by atoms with van der Waals surface area (Å²) in [5.74, 6) is 0.530. The SMILES string of the molecule is CCOCCOC(=O)C(C)=CCCOc1ccccc1. The third kappa shape index (κ3) is 6.95. The molecule has 0 heterocycles. The van der Waals surface area contributed by atoms with Gasteiger partial charge in [-0.2, -0.15) is 0 Å². The molecule has 0 amide bonds. The molecule has 0 N–H and O–H groups in total. The molecule has 0 aliphatic rings. The second kappa shape index (κ2) is 10.0. The highest BCUT2D eigenvalue weighted by atomic mass is 16.6. The molecule has 0 bridgehead atoms. The Labute approximate surface area is 120 Å². The van der Waals surface area contributed by atoms with Gasteiger partial charge in [-0.3, -0.25) is 0 Å². The lowest BCUT2D eigenvalue weighted by Gasteiger charge is -2.06. The normalized spacial score (nSPS) is 11.2. The maximum absolute atomic E-state index is 11.6. The minimum atomic E-state index is -0.301. The Morgan fingerprint density at radius 1 is 1.15 bits per heavy atom. The van der Waals surface area contributed by atoms with E-state index in [-0.39, 0.29) is 5.97 Å². The van der Waals surface area contributed by atoms with Gasteiger partial charge < -0.3 is 14.2 Å². The standard InChI is InChI=1S/C16H22O4/c1-3-18-12-13-20-16(17)14(2)8-7-11-19-15-9-5-4-6-10-15/h4-6,8-10H,3,7,11-13H2,1-2H3. The van der Waals surface area contributed by atoms with Crippen LogP contribution in [0.15, 0.2) is 42.0 Å². The van der Waals surface area contributed by atoms with Gasteiger partial charge in [0, 0.05) is 18.6 Å². The van der Waals surface area contributed by atoms with Crippen LogP contribution in [0.25, 0.3) is 0 Å². The number of benzene rings is 1. The highest BCUT2D eigenvalue weighted by Gasteiger charge is 2.04. The second-order valence-corrected chi connectivity index (χ2v) is 4.17. The van der Waals surface area contributed by atoms with E-state index < -0.39 is 0 Å². The zero-order valence-corrected chi connectivity index (χ0v) is 12.1. The Kier molecular flexibility index (Phi) is 8.15. The van der Waals surface area contributed by atoms with Gasteiger partial charge in [0.15, 0.2) is 0 Å². The average molecular weight is 278 g/mol. The average Bonchev–Trinajstić information content (AvgIpc) is 2.48. The lowest BCUT2D eigenvalue weighted by atomic mass is 10.2. The third-order valence-electron chi connectivity index (χ3n) is 2.57. The van der Waals surface area contributed by atoms with E-state index in [1.807, 2.05) is 43.3 Å². The first-order valence-electron chi connectivity index (χ1n) is 6.83. The van der Waals surface area contributed by atoms with E-state index in [0.717, 1.165) is 5.75 Å². The van der Waals surface area contributed by atoms with Gasteiger partial charge in [0.05, 0.1) is 13.2 Å². The predicted octanol–water partition coefficient (Wildman–Crippen LogP) is 2.98. The number of rotatable bonds is 9. The van der Waals surface area contributed by atoms with Gasteiger partial charge in [0.1, 0.15) is 12.4 Å². The summed E-state index contributed by atoms with van der Waals surface area (Å²) in [5, 5.41) is 0. The van der Waals surface area contributed by atoms with Gasteiger partial charge in [0.2, 0.25) is 0 Å². The molecule has 110 valence electrons. The van der Waals surface area contributed by atoms with Crippen molar-refractivity contribution >= 4 is 5.97 Å². The summed E-state index contributed by atoms with van der Waals surface area (Å²) in [4.78, 5) is 11.6. The van der Waals surface area contributed by atoms with Crippen molar-refractivity contribution in [2.24, 2.45) is 0 Å². The first-order valence-corrected chi connectivity index (χ1v) is 6.83. The van der Waals surface area contributed by atoms with Gasteiger partial charge in [0.25, 0.3) is 0 Å². The second-order valence-electron chi connectivity index (χ2n) is 4.17. The summed E-state index contributed by atoms with van der Waals surface area (Å²) in [7, 11) is 0. The highest BCUT2D eigenvalue weighted by Crippen LogP contribution is 2.09. The van der Waals surface area contributed by atoms with Crippen LogP contribution in [0.2, 0.25) is 0 Å². The maximum Gasteiger partial charge on any atom is 0.333 e. The Morgan fingerprint density at radius 2 is 1.90 bits per heavy atom. The lowest BCUT2D eigenvalue weighted by Crippen LogP contribution is -2.11. The minimum Gasteiger partial charge on any atom is -0.493 e. The molecule has 0 saturated carbocycles. The van der Waals surface area contributed by atoms with Crippen molar-refractivity contribution in [3.05, 3.63) is 42.0 Å². The molecule has 0 fully saturated rings. The third-order valence-corrected chi connectivity index (χ3v) is 2.57. The molecule has 1 rings (SSSR count). The Hall–Kier alpha value is -1.81. The quantitative estimate of drug-likeness (QED) is 0.396. The van der Waals surface area contributed by atoms with Crippen LogP contribution in [-0.4, -0.2) is 32.4 Å². The number of ether oxygens (including phenoxy) is 3. The molecule has 0 aliphatic carbocycles. The van der Waals surface area contributed by atoms with E-state index in [1.54, 1.807) is 6.92 Å². The fourth-order valence-corrected chi connectivity index (χ4v) is 1.50. The van der Waals surface area contributed by atoms with Gasteiger partial charge >= 0.3 is 5.97 Å². The molecule has 0 atom stereocenters. The molecule has 0 unspecified atom stereocenters. The van der Waals surface area contributed by atoms with Gasteiger partial charge in [-0.1, -0.05) is 24.3 Å². The van der Waals surface area contributed by atoms with Crippen LogP contribution >= 0.6 is 0 Å². The number of hydrogen-bond donors (Lipinski definition) is 0. The topological polar surface area (TPSA) is 44.8 Å². The predicted molar refractivity (Wildman–Crippen MR) is 77.8 cm³/mol. The van der Waals surface area contributed by atoms with E-state index in [1.165, 1.54) is 0 Å². The van der Waals surface area contributed by atoms with Crippen LogP contribution < -0.4 is 4.74 Å². The summed E-state index contributed by atoms with van der Waals surface area (Å²) in [6, 6.07) is 9.59. The molecule has 0 spiro atoms. The fraction of sp³-hybridized carbons (Fsp3) is 0.438. The number of carbonyl (C=O) groups excluding carboxylic acids is 1. The van der Waals surface area contributed by atoms with Crippen molar-refractivity contribution in [1.82, 2.24) is 0 Å². The smallest absolute Gasteiger partial charge is 0.333 e. The summed E-state index contributed by atoms with van der Waals surface area (Å²) in [6.45, 7) is 5.53. The van der Waals surface area contributed by atoms with E-state index >= 15 is 0 Å². The minimum absolute atomic E-state index is 0.290. The monoisotopic (exact) mass is 278 g/mol. The van der Waals surface area contributed by atoms with Crippen LogP contribution in [0.4, 0.5) is 0 Å². The van der Waals surface area contributed by atoms with Crippen LogP contribution in [0, 0.1) is 0 Å². The van der Waals surface area contributed by atoms with Crippen molar-refractivity contribution in [1.29, 1.82) is 0 Å². The van der Waals surface area contributed by atoms with E-state index in [2.05, 4.69) is 0 Å². The van der Waals surface area contributed by atoms with Gasteiger partial charge in [-0.25, -0.2) is 4.79 Å². The molecule has 4 heteroatoms. The first-order chi connectivity index (χ1) is 9.74. The Balaban J connectivity index is 2.18. The van der Waals surface area contributed by atoms with Crippen molar-refractivity contribution in [2.75, 3.05) is 26.4 Å². The molecule has 1 aromatic rings. The Morgan fingerprint density at radius 3 is 2.60 bits per heavy atom. The molecular formula is C16H22O4.